The molecule has 1 aromatic rings. The number of hydrogen-bond donors (Lipinski definition) is 1. The molecule has 0 saturated carbocycles. The third-order valence-corrected chi connectivity index (χ3v) is 3.67. The van der Waals surface area contributed by atoms with Crippen LogP contribution in [0.4, 0.5) is 17.1 Å². The molecule has 0 bridgehead atoms. The maximum Gasteiger partial charge on any atom is 0.183 e. The minimum atomic E-state index is 0.367. The van der Waals surface area contributed by atoms with Crippen LogP contribution >= 0.6 is 35.0 Å². The van der Waals surface area contributed by atoms with Gasteiger partial charge in [-0.3, -0.25) is 5.32 Å². The molecule has 5 nitrogen and oxygen atoms in total. The van der Waals surface area contributed by atoms with E-state index in [2.05, 4.69) is 19.0 Å². The number of thioether (sulfide) groups is 1. The Bertz CT molecular complexity index is 643. The van der Waals surface area contributed by atoms with Crippen molar-refractivity contribution in [2.24, 2.45) is 13.7 Å². The summed E-state index contributed by atoms with van der Waals surface area (Å²) in [6, 6.07) is 1.57. The smallest absolute Gasteiger partial charge is 0.183 e. The van der Waals surface area contributed by atoms with Crippen molar-refractivity contribution in [2.75, 3.05) is 6.26 Å². The Morgan fingerprint density at radius 2 is 2.17 bits per heavy atom. The first kappa shape index (κ1) is 13.4. The third kappa shape index (κ3) is 2.52. The number of fused-ring (bicyclic) bond motifs is 1. The highest BCUT2D eigenvalue weighted by Crippen LogP contribution is 2.49. The Morgan fingerprint density at radius 3 is 2.83 bits per heavy atom. The second-order valence-corrected chi connectivity index (χ2v) is 5.15. The van der Waals surface area contributed by atoms with Crippen LogP contribution in [0, 0.1) is 11.5 Å². The van der Waals surface area contributed by atoms with Crippen molar-refractivity contribution in [1.29, 1.82) is 5.26 Å². The predicted molar refractivity (Wildman–Crippen MR) is 77.4 cm³/mol. The van der Waals surface area contributed by atoms with Crippen molar-refractivity contribution in [3.05, 3.63) is 16.1 Å². The summed E-state index contributed by atoms with van der Waals surface area (Å²) < 4.78 is 8.20. The van der Waals surface area contributed by atoms with Gasteiger partial charge < -0.3 is 0 Å². The molecule has 0 unspecified atom stereocenters. The molecule has 2 rings (SSSR count). The van der Waals surface area contributed by atoms with E-state index in [0.29, 0.717) is 32.3 Å². The van der Waals surface area contributed by atoms with Crippen molar-refractivity contribution < 1.29 is 0 Å². The summed E-state index contributed by atoms with van der Waals surface area (Å²) >= 11 is 14.4. The van der Waals surface area contributed by atoms with Crippen LogP contribution in [0.3, 0.4) is 0 Å². The number of hydrogen-bond acceptors (Lipinski definition) is 5. The van der Waals surface area contributed by atoms with Crippen LogP contribution in [0.15, 0.2) is 19.8 Å². The monoisotopic (exact) mass is 317 g/mol. The Balaban J connectivity index is 2.57. The van der Waals surface area contributed by atoms with Gasteiger partial charge in [-0.25, -0.2) is 4.99 Å². The highest BCUT2D eigenvalue weighted by molar-refractivity contribution is 8.13. The maximum absolute atomic E-state index is 8.60. The van der Waals surface area contributed by atoms with E-state index in [-0.39, 0.29) is 0 Å². The first-order valence-corrected chi connectivity index (χ1v) is 7.26. The van der Waals surface area contributed by atoms with E-state index >= 15 is 0 Å². The van der Waals surface area contributed by atoms with Gasteiger partial charge >= 0.3 is 0 Å². The van der Waals surface area contributed by atoms with Gasteiger partial charge in [0.25, 0.3) is 0 Å². The first-order chi connectivity index (χ1) is 8.67. The zero-order chi connectivity index (χ0) is 13.1. The van der Waals surface area contributed by atoms with Crippen LogP contribution in [-0.2, 0) is 11.4 Å². The van der Waals surface area contributed by atoms with Gasteiger partial charge in [0, 0.05) is 0 Å². The molecule has 0 fully saturated rings. The fourth-order valence-corrected chi connectivity index (χ4v) is 2.72. The number of benzene rings is 1. The fourth-order valence-electron chi connectivity index (χ4n) is 1.24. The van der Waals surface area contributed by atoms with Gasteiger partial charge in [0.05, 0.1) is 21.4 Å². The fraction of sp³-hybridized carbons (Fsp3) is 0.111. The zero-order valence-electron chi connectivity index (χ0n) is 8.94. The van der Waals surface area contributed by atoms with Crippen molar-refractivity contribution >= 4 is 68.5 Å². The molecule has 0 saturated heterocycles. The van der Waals surface area contributed by atoms with E-state index in [1.54, 1.807) is 12.3 Å². The van der Waals surface area contributed by atoms with Crippen LogP contribution in [0.1, 0.15) is 0 Å². The van der Waals surface area contributed by atoms with Crippen molar-refractivity contribution in [3.8, 4) is 6.19 Å². The van der Waals surface area contributed by atoms with E-state index < -0.39 is 0 Å². The summed E-state index contributed by atoms with van der Waals surface area (Å²) in [5, 5.41) is 12.3. The molecule has 0 spiro atoms. The standard InChI is InChI=1S/C9H5Cl2N5S2/c1-17-9(13-3-12)14-6-4(10)2-5(11)7-8(6)16-18-15-7/h2H,1H3,(H,13,14). The molecule has 9 heteroatoms. The molecule has 1 N–H and O–H groups in total. The Hall–Kier alpha value is -1.07. The zero-order valence-corrected chi connectivity index (χ0v) is 12.1. The molecule has 0 radical (unpaired) electrons. The van der Waals surface area contributed by atoms with Crippen LogP contribution in [0.5, 0.6) is 0 Å². The lowest BCUT2D eigenvalue weighted by Gasteiger charge is -2.06. The SMILES string of the molecule is CSC(=Nc1c(Cl)cc(Cl)c2c1N=S=N2)NC#N. The summed E-state index contributed by atoms with van der Waals surface area (Å²) in [5.41, 5.74) is 1.54. The lowest BCUT2D eigenvalue weighted by atomic mass is 10.2. The van der Waals surface area contributed by atoms with E-state index in [1.165, 1.54) is 11.8 Å². The van der Waals surface area contributed by atoms with Gasteiger partial charge in [0.15, 0.2) is 11.4 Å². The molecular formula is C9H5Cl2N5S2. The predicted octanol–water partition coefficient (Wildman–Crippen LogP) is 4.14. The van der Waals surface area contributed by atoms with E-state index in [1.807, 2.05) is 6.19 Å². The van der Waals surface area contributed by atoms with Crippen LogP contribution in [-0.4, -0.2) is 11.4 Å². The van der Waals surface area contributed by atoms with E-state index in [0.717, 1.165) is 11.4 Å². The quantitative estimate of drug-likeness (QED) is 0.372. The Labute approximate surface area is 121 Å². The number of rotatable bonds is 1. The molecule has 0 atom stereocenters. The molecule has 0 aliphatic carbocycles. The minimum Gasteiger partial charge on any atom is -0.271 e. The molecule has 1 aromatic carbocycles. The first-order valence-electron chi connectivity index (χ1n) is 4.55. The van der Waals surface area contributed by atoms with Crippen molar-refractivity contribution in [2.45, 2.75) is 0 Å². The molecule has 0 aromatic heterocycles. The Morgan fingerprint density at radius 1 is 1.44 bits per heavy atom. The summed E-state index contributed by atoms with van der Waals surface area (Å²) in [4.78, 5) is 4.27. The molecule has 18 heavy (non-hydrogen) atoms. The van der Waals surface area contributed by atoms with Crippen molar-refractivity contribution in [1.82, 2.24) is 5.32 Å². The average Bonchev–Trinajstić information content (AvgIpc) is 2.82. The lowest BCUT2D eigenvalue weighted by Crippen LogP contribution is -2.12. The number of nitrogens with one attached hydrogen (secondary N) is 1. The number of halogens is 2. The van der Waals surface area contributed by atoms with Crippen LogP contribution < -0.4 is 5.32 Å². The third-order valence-electron chi connectivity index (χ3n) is 1.99. The number of nitrogens with zero attached hydrogens (tertiary/aromatic N) is 4. The van der Waals surface area contributed by atoms with Gasteiger partial charge in [0.1, 0.15) is 17.1 Å². The summed E-state index contributed by atoms with van der Waals surface area (Å²) in [6.07, 6.45) is 3.60. The molecule has 92 valence electrons. The highest BCUT2D eigenvalue weighted by atomic mass is 35.5. The van der Waals surface area contributed by atoms with Gasteiger partial charge in [0.2, 0.25) is 0 Å². The van der Waals surface area contributed by atoms with Crippen molar-refractivity contribution in [3.63, 3.8) is 0 Å². The van der Waals surface area contributed by atoms with E-state index in [4.69, 9.17) is 28.5 Å². The topological polar surface area (TPSA) is 72.9 Å². The largest absolute Gasteiger partial charge is 0.271 e. The summed E-state index contributed by atoms with van der Waals surface area (Å²) in [6.45, 7) is 0. The van der Waals surface area contributed by atoms with Gasteiger partial charge in [-0.2, -0.15) is 14.0 Å². The maximum atomic E-state index is 8.60. The lowest BCUT2D eigenvalue weighted by molar-refractivity contribution is 1.28. The normalized spacial score (nSPS) is 12.9. The minimum absolute atomic E-state index is 0.367. The number of nitriles is 1. The second-order valence-electron chi connectivity index (χ2n) is 3.01. The van der Waals surface area contributed by atoms with Gasteiger partial charge in [-0.1, -0.05) is 35.0 Å². The highest BCUT2D eigenvalue weighted by Gasteiger charge is 2.18. The average molecular weight is 318 g/mol. The molecule has 1 heterocycles. The number of aliphatic imine (C=N–C) groups is 1. The second kappa shape index (κ2) is 5.71. The summed E-state index contributed by atoms with van der Waals surface area (Å²) in [5.74, 6) is 0. The molecule has 1 aliphatic heterocycles. The Kier molecular flexibility index (Phi) is 4.24. The molecular weight excluding hydrogens is 313 g/mol. The molecule has 0 amide bonds. The van der Waals surface area contributed by atoms with Crippen LogP contribution in [0.25, 0.3) is 0 Å². The van der Waals surface area contributed by atoms with E-state index in [9.17, 15) is 0 Å². The van der Waals surface area contributed by atoms with Gasteiger partial charge in [-0.05, 0) is 12.3 Å². The van der Waals surface area contributed by atoms with Gasteiger partial charge in [-0.15, -0.1) is 0 Å². The number of amidine groups is 1. The van der Waals surface area contributed by atoms with Crippen LogP contribution in [0.2, 0.25) is 10.0 Å². The molecule has 1 aliphatic rings. The summed E-state index contributed by atoms with van der Waals surface area (Å²) in [7, 11) is 0.